The molecule has 0 bridgehead atoms. The van der Waals surface area contributed by atoms with Crippen LogP contribution >= 0.6 is 22.7 Å². The molecule has 0 aliphatic carbocycles. The first-order valence-electron chi connectivity index (χ1n) is 10.3. The van der Waals surface area contributed by atoms with E-state index in [1.165, 1.54) is 31.3 Å². The van der Waals surface area contributed by atoms with Gasteiger partial charge in [-0.05, 0) is 82.9 Å². The first kappa shape index (κ1) is 22.3. The zero-order chi connectivity index (χ0) is 21.6. The van der Waals surface area contributed by atoms with Crippen LogP contribution in [0, 0.1) is 0 Å². The number of hydrogen-bond acceptors (Lipinski definition) is 3. The van der Waals surface area contributed by atoms with Crippen molar-refractivity contribution >= 4 is 31.0 Å². The van der Waals surface area contributed by atoms with E-state index in [1.807, 2.05) is 11.3 Å². The summed E-state index contributed by atoms with van der Waals surface area (Å²) in [4.78, 5) is 4.00. The number of hydrogen-bond donors (Lipinski definition) is 0. The first-order valence-corrected chi connectivity index (χ1v) is 15.4. The summed E-state index contributed by atoms with van der Waals surface area (Å²) in [5.74, 6) is 1.11. The van der Waals surface area contributed by atoms with Gasteiger partial charge in [-0.3, -0.25) is 0 Å². The summed E-state index contributed by atoms with van der Waals surface area (Å²) >= 11 is 3.68. The Bertz CT molecular complexity index is 942. The Labute approximate surface area is 185 Å². The zero-order valence-electron chi connectivity index (χ0n) is 19.3. The molecule has 4 heteroatoms. The van der Waals surface area contributed by atoms with E-state index in [9.17, 15) is 0 Å². The van der Waals surface area contributed by atoms with E-state index < -0.39 is 8.32 Å². The number of rotatable bonds is 4. The van der Waals surface area contributed by atoms with Gasteiger partial charge in [-0.25, -0.2) is 0 Å². The molecule has 1 nitrogen and oxygen atoms in total. The van der Waals surface area contributed by atoms with E-state index in [-0.39, 0.29) is 10.8 Å². The molecular formula is C25H34OS2Si. The summed E-state index contributed by atoms with van der Waals surface area (Å²) in [6, 6.07) is 13.6. The topological polar surface area (TPSA) is 9.23 Å². The maximum Gasteiger partial charge on any atom is 0.242 e. The van der Waals surface area contributed by atoms with Crippen LogP contribution in [0.1, 0.15) is 52.7 Å². The highest BCUT2D eigenvalue weighted by molar-refractivity contribution is 7.23. The van der Waals surface area contributed by atoms with Crippen LogP contribution in [0.15, 0.2) is 41.8 Å². The van der Waals surface area contributed by atoms with Gasteiger partial charge in [-0.2, -0.15) is 0 Å². The standard InChI is InChI=1S/C25H34OS2Si/c1-24(2,3)18-15-17(20-12-13-22(28-20)21-11-10-14-27-21)16-19(25(4,5)6)23(18)26-29(7,8)9/h10-16H,1-9H3. The van der Waals surface area contributed by atoms with Gasteiger partial charge in [0.25, 0.3) is 0 Å². The van der Waals surface area contributed by atoms with Gasteiger partial charge in [-0.1, -0.05) is 47.6 Å². The Hall–Kier alpha value is -1.36. The van der Waals surface area contributed by atoms with Gasteiger partial charge in [-0.15, -0.1) is 22.7 Å². The van der Waals surface area contributed by atoms with Crippen LogP contribution in [0.25, 0.3) is 20.2 Å². The predicted octanol–water partition coefficient (Wildman–Crippen LogP) is 8.95. The molecule has 0 amide bonds. The molecule has 29 heavy (non-hydrogen) atoms. The average Bonchev–Trinajstić information content (AvgIpc) is 3.22. The van der Waals surface area contributed by atoms with Gasteiger partial charge in [0.1, 0.15) is 5.75 Å². The summed E-state index contributed by atoms with van der Waals surface area (Å²) < 4.78 is 6.72. The molecule has 0 N–H and O–H groups in total. The predicted molar refractivity (Wildman–Crippen MR) is 134 cm³/mol. The fraction of sp³-hybridized carbons (Fsp3) is 0.440. The highest BCUT2D eigenvalue weighted by atomic mass is 32.1. The lowest BCUT2D eigenvalue weighted by Gasteiger charge is -2.34. The average molecular weight is 443 g/mol. The summed E-state index contributed by atoms with van der Waals surface area (Å²) in [6.07, 6.45) is 0. The third-order valence-electron chi connectivity index (χ3n) is 4.77. The maximum absolute atomic E-state index is 6.72. The highest BCUT2D eigenvalue weighted by Crippen LogP contribution is 2.45. The number of thiophene rings is 2. The summed E-state index contributed by atoms with van der Waals surface area (Å²) in [5, 5.41) is 2.15. The van der Waals surface area contributed by atoms with Crippen LogP contribution in [-0.2, 0) is 10.8 Å². The Balaban J connectivity index is 2.22. The molecule has 3 aromatic rings. The molecule has 156 valence electrons. The van der Waals surface area contributed by atoms with Crippen LogP contribution in [0.5, 0.6) is 5.75 Å². The quantitative estimate of drug-likeness (QED) is 0.366. The van der Waals surface area contributed by atoms with Gasteiger partial charge in [0.05, 0.1) is 0 Å². The molecule has 0 fully saturated rings. The second-order valence-electron chi connectivity index (χ2n) is 10.8. The van der Waals surface area contributed by atoms with Gasteiger partial charge in [0.2, 0.25) is 8.32 Å². The Morgan fingerprint density at radius 1 is 0.759 bits per heavy atom. The van der Waals surface area contributed by atoms with Crippen LogP contribution in [0.4, 0.5) is 0 Å². The van der Waals surface area contributed by atoms with Crippen molar-refractivity contribution in [1.29, 1.82) is 0 Å². The van der Waals surface area contributed by atoms with Crippen LogP contribution in [0.2, 0.25) is 19.6 Å². The van der Waals surface area contributed by atoms with Gasteiger partial charge in [0, 0.05) is 14.6 Å². The minimum absolute atomic E-state index is 0.0127. The fourth-order valence-corrected chi connectivity index (χ4v) is 6.01. The third-order valence-corrected chi connectivity index (χ3v) is 7.78. The van der Waals surface area contributed by atoms with E-state index in [4.69, 9.17) is 4.43 Å². The molecular weight excluding hydrogens is 408 g/mol. The lowest BCUT2D eigenvalue weighted by atomic mass is 9.78. The fourth-order valence-electron chi connectivity index (χ4n) is 3.35. The third kappa shape index (κ3) is 5.22. The summed E-state index contributed by atoms with van der Waals surface area (Å²) in [5.41, 5.74) is 3.95. The second-order valence-corrected chi connectivity index (χ2v) is 17.2. The Morgan fingerprint density at radius 2 is 1.31 bits per heavy atom. The van der Waals surface area contributed by atoms with Crippen molar-refractivity contribution in [3.8, 4) is 25.9 Å². The molecule has 0 aliphatic heterocycles. The molecule has 2 aromatic heterocycles. The SMILES string of the molecule is CC(C)(C)c1cc(-c2ccc(-c3cccs3)s2)cc(C(C)(C)C)c1O[Si](C)(C)C. The lowest BCUT2D eigenvalue weighted by molar-refractivity contribution is 0.478. The Kier molecular flexibility index (Phi) is 5.94. The van der Waals surface area contributed by atoms with Crippen LogP contribution in [-0.4, -0.2) is 8.32 Å². The molecule has 2 heterocycles. The number of benzene rings is 1. The molecule has 0 unspecified atom stereocenters. The van der Waals surface area contributed by atoms with E-state index in [1.54, 1.807) is 11.3 Å². The zero-order valence-corrected chi connectivity index (χ0v) is 21.9. The monoisotopic (exact) mass is 442 g/mol. The normalized spacial score (nSPS) is 13.0. The van der Waals surface area contributed by atoms with E-state index >= 15 is 0 Å². The smallest absolute Gasteiger partial charge is 0.242 e. The first-order chi connectivity index (χ1) is 13.3. The largest absolute Gasteiger partial charge is 0.544 e. The minimum atomic E-state index is -1.74. The van der Waals surface area contributed by atoms with E-state index in [2.05, 4.69) is 103 Å². The van der Waals surface area contributed by atoms with E-state index in [0.29, 0.717) is 0 Å². The van der Waals surface area contributed by atoms with Gasteiger partial charge >= 0.3 is 0 Å². The molecule has 0 saturated carbocycles. The summed E-state index contributed by atoms with van der Waals surface area (Å²) in [7, 11) is -1.74. The van der Waals surface area contributed by atoms with Crippen molar-refractivity contribution in [2.75, 3.05) is 0 Å². The molecule has 0 aliphatic rings. The van der Waals surface area contributed by atoms with Crippen molar-refractivity contribution in [3.63, 3.8) is 0 Å². The molecule has 3 rings (SSSR count). The van der Waals surface area contributed by atoms with Gasteiger partial charge < -0.3 is 4.43 Å². The lowest BCUT2D eigenvalue weighted by Crippen LogP contribution is -2.32. The van der Waals surface area contributed by atoms with E-state index in [0.717, 1.165) is 5.75 Å². The second kappa shape index (κ2) is 7.71. The molecule has 0 atom stereocenters. The minimum Gasteiger partial charge on any atom is -0.544 e. The van der Waals surface area contributed by atoms with Crippen molar-refractivity contribution < 1.29 is 4.43 Å². The Morgan fingerprint density at radius 3 is 1.76 bits per heavy atom. The molecule has 0 radical (unpaired) electrons. The highest BCUT2D eigenvalue weighted by Gasteiger charge is 2.31. The van der Waals surface area contributed by atoms with Crippen molar-refractivity contribution in [2.24, 2.45) is 0 Å². The van der Waals surface area contributed by atoms with Crippen molar-refractivity contribution in [2.45, 2.75) is 72.0 Å². The molecule has 0 saturated heterocycles. The van der Waals surface area contributed by atoms with Crippen molar-refractivity contribution in [1.82, 2.24) is 0 Å². The molecule has 1 aromatic carbocycles. The van der Waals surface area contributed by atoms with Crippen LogP contribution in [0.3, 0.4) is 0 Å². The maximum atomic E-state index is 6.72. The van der Waals surface area contributed by atoms with Crippen LogP contribution < -0.4 is 4.43 Å². The summed E-state index contributed by atoms with van der Waals surface area (Å²) in [6.45, 7) is 20.6. The molecule has 0 spiro atoms. The van der Waals surface area contributed by atoms with Gasteiger partial charge in [0.15, 0.2) is 0 Å². The van der Waals surface area contributed by atoms with Crippen molar-refractivity contribution in [3.05, 3.63) is 52.9 Å².